The maximum absolute atomic E-state index is 12.8. The van der Waals surface area contributed by atoms with Gasteiger partial charge in [0.2, 0.25) is 11.8 Å². The van der Waals surface area contributed by atoms with Gasteiger partial charge in [-0.1, -0.05) is 23.8 Å². The van der Waals surface area contributed by atoms with E-state index in [1.165, 1.54) is 18.4 Å². The molecule has 3 rings (SSSR count). The summed E-state index contributed by atoms with van der Waals surface area (Å²) in [6.07, 6.45) is 0.222. The molecule has 2 aromatic rings. The van der Waals surface area contributed by atoms with Crippen molar-refractivity contribution >= 4 is 34.8 Å². The van der Waals surface area contributed by atoms with E-state index in [1.54, 1.807) is 4.90 Å². The molecule has 1 aromatic carbocycles. The quantitative estimate of drug-likeness (QED) is 0.775. The Hall–Kier alpha value is -2.67. The van der Waals surface area contributed by atoms with Crippen LogP contribution in [0.3, 0.4) is 0 Å². The summed E-state index contributed by atoms with van der Waals surface area (Å²) in [6.45, 7) is 2.32. The molecule has 1 aliphatic rings. The second-order valence-electron chi connectivity index (χ2n) is 6.60. The van der Waals surface area contributed by atoms with Crippen LogP contribution in [0.5, 0.6) is 0 Å². The minimum Gasteiger partial charge on any atom is -0.469 e. The van der Waals surface area contributed by atoms with Crippen LogP contribution in [0.1, 0.15) is 29.3 Å². The number of carbonyl (C=O) groups is 3. The molecule has 0 radical (unpaired) electrons. The number of esters is 1. The van der Waals surface area contributed by atoms with Crippen molar-refractivity contribution in [2.75, 3.05) is 18.6 Å². The standard InChI is InChI=1S/C20H22N2O4S/c1-13-5-7-15(8-6-13)22-12-14(10-18(22)23)20(25)21-16(11-19(24)26-2)17-4-3-9-27-17/h3-9,14,16H,10-12H2,1-2H3,(H,21,25)/t14-,16-/m1/s1. The lowest BCUT2D eigenvalue weighted by atomic mass is 10.1. The van der Waals surface area contributed by atoms with Crippen LogP contribution in [-0.4, -0.2) is 31.4 Å². The first kappa shape index (κ1) is 19.1. The molecule has 142 valence electrons. The van der Waals surface area contributed by atoms with Gasteiger partial charge in [-0.05, 0) is 30.5 Å². The monoisotopic (exact) mass is 386 g/mol. The zero-order valence-corrected chi connectivity index (χ0v) is 16.1. The highest BCUT2D eigenvalue weighted by Crippen LogP contribution is 2.28. The van der Waals surface area contributed by atoms with Gasteiger partial charge < -0.3 is 15.0 Å². The van der Waals surface area contributed by atoms with Gasteiger partial charge in [-0.2, -0.15) is 0 Å². The van der Waals surface area contributed by atoms with E-state index in [9.17, 15) is 14.4 Å². The van der Waals surface area contributed by atoms with Crippen LogP contribution in [0.15, 0.2) is 41.8 Å². The zero-order chi connectivity index (χ0) is 19.4. The Morgan fingerprint density at radius 1 is 1.30 bits per heavy atom. The second kappa shape index (κ2) is 8.35. The molecule has 6 nitrogen and oxygen atoms in total. The van der Waals surface area contributed by atoms with E-state index in [2.05, 4.69) is 5.32 Å². The van der Waals surface area contributed by atoms with Crippen LogP contribution >= 0.6 is 11.3 Å². The van der Waals surface area contributed by atoms with Crippen LogP contribution < -0.4 is 10.2 Å². The number of benzene rings is 1. The highest BCUT2D eigenvalue weighted by molar-refractivity contribution is 7.10. The first-order chi connectivity index (χ1) is 13.0. The average molecular weight is 386 g/mol. The normalized spacial score (nSPS) is 17.6. The Bertz CT molecular complexity index is 817. The number of rotatable bonds is 6. The molecule has 1 fully saturated rings. The maximum Gasteiger partial charge on any atom is 0.307 e. The van der Waals surface area contributed by atoms with Gasteiger partial charge >= 0.3 is 5.97 Å². The fraction of sp³-hybridized carbons (Fsp3) is 0.350. The molecule has 1 aromatic heterocycles. The van der Waals surface area contributed by atoms with Gasteiger partial charge in [0.25, 0.3) is 0 Å². The van der Waals surface area contributed by atoms with Crippen molar-refractivity contribution in [1.82, 2.24) is 5.32 Å². The van der Waals surface area contributed by atoms with Crippen LogP contribution in [0, 0.1) is 12.8 Å². The number of ether oxygens (including phenoxy) is 1. The van der Waals surface area contributed by atoms with E-state index < -0.39 is 17.9 Å². The summed E-state index contributed by atoms with van der Waals surface area (Å²) in [5.41, 5.74) is 1.91. The smallest absolute Gasteiger partial charge is 0.307 e. The molecule has 2 atom stereocenters. The van der Waals surface area contributed by atoms with Crippen molar-refractivity contribution in [2.24, 2.45) is 5.92 Å². The molecule has 0 aliphatic carbocycles. The topological polar surface area (TPSA) is 75.7 Å². The molecule has 7 heteroatoms. The zero-order valence-electron chi connectivity index (χ0n) is 15.3. The largest absolute Gasteiger partial charge is 0.469 e. The van der Waals surface area contributed by atoms with E-state index in [1.807, 2.05) is 48.7 Å². The van der Waals surface area contributed by atoms with Gasteiger partial charge in [0.1, 0.15) is 0 Å². The number of nitrogens with one attached hydrogen (secondary N) is 1. The van der Waals surface area contributed by atoms with Crippen LogP contribution in [-0.2, 0) is 19.1 Å². The Balaban J connectivity index is 1.68. The summed E-state index contributed by atoms with van der Waals surface area (Å²) in [5, 5.41) is 4.81. The van der Waals surface area contributed by atoms with Crippen molar-refractivity contribution < 1.29 is 19.1 Å². The summed E-state index contributed by atoms with van der Waals surface area (Å²) in [7, 11) is 1.32. The summed E-state index contributed by atoms with van der Waals surface area (Å²) >= 11 is 1.47. The van der Waals surface area contributed by atoms with Gasteiger partial charge in [-0.3, -0.25) is 14.4 Å². The van der Waals surface area contributed by atoms with E-state index >= 15 is 0 Å². The summed E-state index contributed by atoms with van der Waals surface area (Å²) in [6, 6.07) is 11.0. The Labute approximate surface area is 162 Å². The number of hydrogen-bond acceptors (Lipinski definition) is 5. The maximum atomic E-state index is 12.8. The van der Waals surface area contributed by atoms with Crippen LogP contribution in [0.25, 0.3) is 0 Å². The number of nitrogens with zero attached hydrogens (tertiary/aromatic N) is 1. The number of hydrogen-bond donors (Lipinski definition) is 1. The lowest BCUT2D eigenvalue weighted by molar-refractivity contribution is -0.141. The third-order valence-corrected chi connectivity index (χ3v) is 5.63. The number of carbonyl (C=O) groups excluding carboxylic acids is 3. The summed E-state index contributed by atoms with van der Waals surface area (Å²) in [5.74, 6) is -1.13. The van der Waals surface area contributed by atoms with Crippen molar-refractivity contribution in [3.63, 3.8) is 0 Å². The van der Waals surface area contributed by atoms with Crippen LogP contribution in [0.2, 0.25) is 0 Å². The Morgan fingerprint density at radius 3 is 2.67 bits per heavy atom. The van der Waals surface area contributed by atoms with Crippen molar-refractivity contribution in [3.8, 4) is 0 Å². The van der Waals surface area contributed by atoms with Gasteiger partial charge in [-0.15, -0.1) is 11.3 Å². The minimum atomic E-state index is -0.450. The van der Waals surface area contributed by atoms with Crippen molar-refractivity contribution in [2.45, 2.75) is 25.8 Å². The van der Waals surface area contributed by atoms with Gasteiger partial charge in [0, 0.05) is 23.5 Å². The SMILES string of the molecule is COC(=O)C[C@@H](NC(=O)[C@@H]1CC(=O)N(c2ccc(C)cc2)C1)c1cccs1. The van der Waals surface area contributed by atoms with Crippen molar-refractivity contribution in [1.29, 1.82) is 0 Å². The molecule has 1 aliphatic heterocycles. The predicted octanol–water partition coefficient (Wildman–Crippen LogP) is 2.83. The molecule has 2 amide bonds. The summed E-state index contributed by atoms with van der Waals surface area (Å²) in [4.78, 5) is 39.4. The predicted molar refractivity (Wildman–Crippen MR) is 103 cm³/mol. The van der Waals surface area contributed by atoms with Gasteiger partial charge in [0.15, 0.2) is 0 Å². The second-order valence-corrected chi connectivity index (χ2v) is 7.58. The molecule has 0 unspecified atom stereocenters. The van der Waals surface area contributed by atoms with E-state index in [4.69, 9.17) is 4.74 Å². The Morgan fingerprint density at radius 2 is 2.04 bits per heavy atom. The van der Waals surface area contributed by atoms with Crippen LogP contribution in [0.4, 0.5) is 5.69 Å². The first-order valence-electron chi connectivity index (χ1n) is 8.75. The third-order valence-electron chi connectivity index (χ3n) is 4.64. The third kappa shape index (κ3) is 4.54. The van der Waals surface area contributed by atoms with Crippen molar-refractivity contribution in [3.05, 3.63) is 52.2 Å². The molecular formula is C20H22N2O4S. The molecule has 1 saturated heterocycles. The fourth-order valence-corrected chi connectivity index (χ4v) is 3.89. The van der Waals surface area contributed by atoms with Gasteiger partial charge in [0.05, 0.1) is 25.5 Å². The van der Waals surface area contributed by atoms with Gasteiger partial charge in [-0.25, -0.2) is 0 Å². The molecule has 0 saturated carbocycles. The van der Waals surface area contributed by atoms with E-state index in [0.717, 1.165) is 16.1 Å². The van der Waals surface area contributed by atoms with E-state index in [-0.39, 0.29) is 24.7 Å². The number of amides is 2. The lowest BCUT2D eigenvalue weighted by Gasteiger charge is -2.20. The lowest BCUT2D eigenvalue weighted by Crippen LogP contribution is -2.36. The Kier molecular flexibility index (Phi) is 5.91. The number of thiophene rings is 1. The minimum absolute atomic E-state index is 0.0606. The highest BCUT2D eigenvalue weighted by atomic mass is 32.1. The number of anilines is 1. The highest BCUT2D eigenvalue weighted by Gasteiger charge is 2.36. The molecule has 0 bridgehead atoms. The molecule has 2 heterocycles. The first-order valence-corrected chi connectivity index (χ1v) is 9.63. The fourth-order valence-electron chi connectivity index (χ4n) is 3.11. The number of methoxy groups -OCH3 is 1. The molecule has 27 heavy (non-hydrogen) atoms. The molecular weight excluding hydrogens is 364 g/mol. The number of aryl methyl sites for hydroxylation is 1. The summed E-state index contributed by atoms with van der Waals surface area (Å²) < 4.78 is 4.74. The molecule has 1 N–H and O–H groups in total. The van der Waals surface area contributed by atoms with E-state index in [0.29, 0.717) is 6.54 Å². The average Bonchev–Trinajstić information content (AvgIpc) is 3.31. The molecule has 0 spiro atoms.